The summed E-state index contributed by atoms with van der Waals surface area (Å²) in [4.78, 5) is 24.7. The molecule has 29 heavy (non-hydrogen) atoms. The Bertz CT molecular complexity index is 1130. The number of hydrogen-bond acceptors (Lipinski definition) is 7. The Kier molecular flexibility index (Phi) is 5.63. The Morgan fingerprint density at radius 2 is 1.90 bits per heavy atom. The molecule has 2 aromatic carbocycles. The summed E-state index contributed by atoms with van der Waals surface area (Å²) in [5.74, 6) is -0.0677. The minimum atomic E-state index is -0.743. The standard InChI is InChI=1S/C21H21NO7/c1-11-14-6-7-16(23)19(25)20(14)29-21(26)15(11)9-18(24)22-10-12-4-5-13(27-2)8-17(12)28-3/h4-8,23,25H,9-10H2,1-3H3,(H,22,24). The largest absolute Gasteiger partial charge is 0.504 e. The number of nitrogens with one attached hydrogen (secondary N) is 1. The third kappa shape index (κ3) is 3.96. The number of carbonyl (C=O) groups is 1. The molecule has 3 rings (SSSR count). The molecule has 0 aliphatic heterocycles. The van der Waals surface area contributed by atoms with Crippen molar-refractivity contribution in [1.29, 1.82) is 0 Å². The van der Waals surface area contributed by atoms with Gasteiger partial charge in [0.15, 0.2) is 11.3 Å². The van der Waals surface area contributed by atoms with Gasteiger partial charge in [0.1, 0.15) is 11.5 Å². The smallest absolute Gasteiger partial charge is 0.340 e. The zero-order chi connectivity index (χ0) is 21.1. The van der Waals surface area contributed by atoms with Crippen molar-refractivity contribution in [3.05, 3.63) is 57.4 Å². The SMILES string of the molecule is COc1ccc(CNC(=O)Cc2c(C)c3ccc(O)c(O)c3oc2=O)c(OC)c1. The summed E-state index contributed by atoms with van der Waals surface area (Å²) in [7, 11) is 3.08. The maximum atomic E-state index is 12.4. The van der Waals surface area contributed by atoms with Crippen molar-refractivity contribution >= 4 is 16.9 Å². The lowest BCUT2D eigenvalue weighted by molar-refractivity contribution is -0.120. The molecule has 0 saturated carbocycles. The Hall–Kier alpha value is -3.68. The summed E-state index contributed by atoms with van der Waals surface area (Å²) in [5.41, 5.74) is 0.586. The van der Waals surface area contributed by atoms with Crippen LogP contribution in [0.15, 0.2) is 39.5 Å². The zero-order valence-corrected chi connectivity index (χ0v) is 16.2. The number of phenols is 2. The van der Waals surface area contributed by atoms with Crippen molar-refractivity contribution in [1.82, 2.24) is 5.32 Å². The van der Waals surface area contributed by atoms with E-state index in [9.17, 15) is 19.8 Å². The predicted octanol–water partition coefficient (Wildman–Crippen LogP) is 2.39. The van der Waals surface area contributed by atoms with Crippen LogP contribution in [0, 0.1) is 6.92 Å². The lowest BCUT2D eigenvalue weighted by Crippen LogP contribution is -2.27. The lowest BCUT2D eigenvalue weighted by atomic mass is 10.0. The topological polar surface area (TPSA) is 118 Å². The molecule has 1 amide bonds. The molecular formula is C21H21NO7. The molecule has 1 heterocycles. The highest BCUT2D eigenvalue weighted by Crippen LogP contribution is 2.34. The number of carbonyl (C=O) groups excluding carboxylic acids is 1. The van der Waals surface area contributed by atoms with Gasteiger partial charge in [-0.15, -0.1) is 0 Å². The molecule has 1 aromatic heterocycles. The van der Waals surface area contributed by atoms with E-state index in [0.717, 1.165) is 5.56 Å². The van der Waals surface area contributed by atoms with Gasteiger partial charge < -0.3 is 29.4 Å². The number of hydrogen-bond donors (Lipinski definition) is 3. The first-order chi connectivity index (χ1) is 13.8. The monoisotopic (exact) mass is 399 g/mol. The van der Waals surface area contributed by atoms with Crippen LogP contribution >= 0.6 is 0 Å². The van der Waals surface area contributed by atoms with Crippen LogP contribution in [-0.4, -0.2) is 30.3 Å². The molecule has 0 bridgehead atoms. The number of fused-ring (bicyclic) bond motifs is 1. The van der Waals surface area contributed by atoms with Crippen molar-refractivity contribution in [3.63, 3.8) is 0 Å². The van der Waals surface area contributed by atoms with Gasteiger partial charge in [-0.25, -0.2) is 4.79 Å². The highest BCUT2D eigenvalue weighted by atomic mass is 16.5. The Balaban J connectivity index is 1.80. The van der Waals surface area contributed by atoms with Gasteiger partial charge in [-0.05, 0) is 36.8 Å². The van der Waals surface area contributed by atoms with Gasteiger partial charge in [-0.1, -0.05) is 0 Å². The number of benzene rings is 2. The summed E-state index contributed by atoms with van der Waals surface area (Å²) < 4.78 is 15.6. The van der Waals surface area contributed by atoms with Crippen molar-refractivity contribution in [2.45, 2.75) is 19.9 Å². The predicted molar refractivity (Wildman–Crippen MR) is 106 cm³/mol. The second-order valence-electron chi connectivity index (χ2n) is 6.43. The number of aromatic hydroxyl groups is 2. The van der Waals surface area contributed by atoms with Gasteiger partial charge in [0.25, 0.3) is 0 Å². The van der Waals surface area contributed by atoms with Crippen LogP contribution in [0.2, 0.25) is 0 Å². The van der Waals surface area contributed by atoms with Crippen LogP contribution in [-0.2, 0) is 17.8 Å². The molecule has 0 unspecified atom stereocenters. The molecule has 0 aliphatic carbocycles. The molecule has 0 spiro atoms. The molecule has 0 saturated heterocycles. The van der Waals surface area contributed by atoms with E-state index in [2.05, 4.69) is 5.32 Å². The van der Waals surface area contributed by atoms with Crippen molar-refractivity contribution in [2.24, 2.45) is 0 Å². The normalized spacial score (nSPS) is 10.7. The first-order valence-electron chi connectivity index (χ1n) is 8.80. The fourth-order valence-corrected chi connectivity index (χ4v) is 3.05. The molecule has 0 radical (unpaired) electrons. The van der Waals surface area contributed by atoms with Crippen LogP contribution in [0.5, 0.6) is 23.0 Å². The van der Waals surface area contributed by atoms with Gasteiger partial charge in [0.05, 0.1) is 26.2 Å². The average molecular weight is 399 g/mol. The summed E-state index contributed by atoms with van der Waals surface area (Å²) in [6.45, 7) is 1.86. The summed E-state index contributed by atoms with van der Waals surface area (Å²) >= 11 is 0. The van der Waals surface area contributed by atoms with E-state index >= 15 is 0 Å². The molecule has 3 aromatic rings. The van der Waals surface area contributed by atoms with E-state index in [1.54, 1.807) is 32.2 Å². The minimum absolute atomic E-state index is 0.111. The fourth-order valence-electron chi connectivity index (χ4n) is 3.05. The highest BCUT2D eigenvalue weighted by molar-refractivity contribution is 5.89. The van der Waals surface area contributed by atoms with Crippen LogP contribution in [0.4, 0.5) is 0 Å². The average Bonchev–Trinajstić information content (AvgIpc) is 2.72. The first-order valence-corrected chi connectivity index (χ1v) is 8.80. The minimum Gasteiger partial charge on any atom is -0.504 e. The first kappa shape index (κ1) is 20.1. The maximum absolute atomic E-state index is 12.4. The molecule has 0 aliphatic rings. The number of ether oxygens (including phenoxy) is 2. The van der Waals surface area contributed by atoms with Gasteiger partial charge in [-0.3, -0.25) is 4.79 Å². The fraction of sp³-hybridized carbons (Fsp3) is 0.238. The molecule has 3 N–H and O–H groups in total. The number of rotatable bonds is 6. The summed E-state index contributed by atoms with van der Waals surface area (Å²) in [6, 6.07) is 8.07. The molecule has 8 nitrogen and oxygen atoms in total. The van der Waals surface area contributed by atoms with Gasteiger partial charge in [-0.2, -0.15) is 0 Å². The third-order valence-corrected chi connectivity index (χ3v) is 4.72. The van der Waals surface area contributed by atoms with Gasteiger partial charge in [0.2, 0.25) is 11.7 Å². The summed E-state index contributed by atoms with van der Waals surface area (Å²) in [6.07, 6.45) is -0.190. The number of aryl methyl sites for hydroxylation is 1. The number of phenolic OH excluding ortho intramolecular Hbond substituents is 2. The highest BCUT2D eigenvalue weighted by Gasteiger charge is 2.18. The quantitative estimate of drug-likeness (QED) is 0.430. The van der Waals surface area contributed by atoms with Crippen LogP contribution in [0.3, 0.4) is 0 Å². The number of amides is 1. The van der Waals surface area contributed by atoms with Crippen LogP contribution in [0.25, 0.3) is 11.0 Å². The maximum Gasteiger partial charge on any atom is 0.340 e. The van der Waals surface area contributed by atoms with Crippen molar-refractivity contribution in [3.8, 4) is 23.0 Å². The second-order valence-corrected chi connectivity index (χ2v) is 6.43. The van der Waals surface area contributed by atoms with Crippen molar-refractivity contribution in [2.75, 3.05) is 14.2 Å². The van der Waals surface area contributed by atoms with E-state index in [1.807, 2.05) is 0 Å². The van der Waals surface area contributed by atoms with E-state index in [1.165, 1.54) is 19.2 Å². The van der Waals surface area contributed by atoms with Crippen molar-refractivity contribution < 1.29 is 28.9 Å². The van der Waals surface area contributed by atoms with Gasteiger partial charge >= 0.3 is 5.63 Å². The van der Waals surface area contributed by atoms with E-state index in [4.69, 9.17) is 13.9 Å². The summed E-state index contributed by atoms with van der Waals surface area (Å²) in [5, 5.41) is 22.7. The zero-order valence-electron chi connectivity index (χ0n) is 16.2. The van der Waals surface area contributed by atoms with Gasteiger partial charge in [0, 0.05) is 23.6 Å². The van der Waals surface area contributed by atoms with Crippen LogP contribution < -0.4 is 20.4 Å². The molecule has 0 fully saturated rings. The lowest BCUT2D eigenvalue weighted by Gasteiger charge is -2.12. The number of methoxy groups -OCH3 is 2. The molecule has 0 atom stereocenters. The molecule has 8 heteroatoms. The second kappa shape index (κ2) is 8.14. The third-order valence-electron chi connectivity index (χ3n) is 4.72. The van der Waals surface area contributed by atoms with E-state index < -0.39 is 11.4 Å². The van der Waals surface area contributed by atoms with E-state index in [-0.39, 0.29) is 35.8 Å². The Morgan fingerprint density at radius 1 is 1.14 bits per heavy atom. The Morgan fingerprint density at radius 3 is 2.59 bits per heavy atom. The molecule has 152 valence electrons. The molecular weight excluding hydrogens is 378 g/mol. The Labute approximate surface area is 166 Å². The van der Waals surface area contributed by atoms with E-state index in [0.29, 0.717) is 22.4 Å². The van der Waals surface area contributed by atoms with Crippen LogP contribution in [0.1, 0.15) is 16.7 Å².